The van der Waals surface area contributed by atoms with E-state index < -0.39 is 17.9 Å². The fourth-order valence-electron chi connectivity index (χ4n) is 2.37. The minimum absolute atomic E-state index is 0.0786. The Bertz CT molecular complexity index is 753. The average molecular weight is 389 g/mol. The van der Waals surface area contributed by atoms with Crippen molar-refractivity contribution in [2.45, 2.75) is 40.2 Å². The number of nitrogens with zero attached hydrogens (tertiary/aromatic N) is 1. The number of aliphatic carboxylic acids is 1. The maximum Gasteiger partial charge on any atom is 0.326 e. The Kier molecular flexibility index (Phi) is 9.37. The summed E-state index contributed by atoms with van der Waals surface area (Å²) in [5, 5.41) is 23.7. The van der Waals surface area contributed by atoms with Crippen molar-refractivity contribution in [3.05, 3.63) is 30.0 Å². The van der Waals surface area contributed by atoms with E-state index in [0.717, 1.165) is 0 Å². The van der Waals surface area contributed by atoms with Crippen molar-refractivity contribution in [2.75, 3.05) is 18.5 Å². The lowest BCUT2D eigenvalue weighted by Gasteiger charge is -2.16. The quantitative estimate of drug-likeness (QED) is 0.393. The van der Waals surface area contributed by atoms with Crippen molar-refractivity contribution < 1.29 is 24.2 Å². The van der Waals surface area contributed by atoms with Crippen LogP contribution >= 0.6 is 0 Å². The number of hydrogen-bond donors (Lipinski definition) is 3. The Labute approximate surface area is 165 Å². The predicted octanol–water partition coefficient (Wildman–Crippen LogP) is 2.92. The van der Waals surface area contributed by atoms with Gasteiger partial charge in [-0.15, -0.1) is 0 Å². The predicted molar refractivity (Wildman–Crippen MR) is 105 cm³/mol. The van der Waals surface area contributed by atoms with Gasteiger partial charge in [-0.2, -0.15) is 5.26 Å². The zero-order valence-corrected chi connectivity index (χ0v) is 16.6. The number of ether oxygens (including phenoxy) is 2. The van der Waals surface area contributed by atoms with E-state index in [2.05, 4.69) is 10.6 Å². The van der Waals surface area contributed by atoms with E-state index >= 15 is 0 Å². The third-order valence-corrected chi connectivity index (χ3v) is 3.60. The van der Waals surface area contributed by atoms with E-state index in [0.29, 0.717) is 30.4 Å². The van der Waals surface area contributed by atoms with Gasteiger partial charge in [0.2, 0.25) is 0 Å². The molecule has 0 saturated heterocycles. The molecule has 1 unspecified atom stereocenters. The highest BCUT2D eigenvalue weighted by atomic mass is 16.5. The normalized spacial score (nSPS) is 12.1. The molecule has 28 heavy (non-hydrogen) atoms. The second-order valence-electron chi connectivity index (χ2n) is 6.34. The van der Waals surface area contributed by atoms with Gasteiger partial charge < -0.3 is 25.2 Å². The second-order valence-corrected chi connectivity index (χ2v) is 6.34. The lowest BCUT2D eigenvalue weighted by molar-refractivity contribution is -0.141. The molecule has 0 aliphatic heterocycles. The summed E-state index contributed by atoms with van der Waals surface area (Å²) in [6, 6.07) is 5.85. The number of carbonyl (C=O) groups excluding carboxylic acids is 1. The molecule has 1 atom stereocenters. The minimum Gasteiger partial charge on any atom is -0.490 e. The van der Waals surface area contributed by atoms with Crippen molar-refractivity contribution in [1.29, 1.82) is 5.26 Å². The third kappa shape index (κ3) is 7.19. The molecule has 8 nitrogen and oxygen atoms in total. The van der Waals surface area contributed by atoms with Gasteiger partial charge in [0.15, 0.2) is 11.5 Å². The molecular formula is C20H27N3O5. The Morgan fingerprint density at radius 2 is 1.86 bits per heavy atom. The molecular weight excluding hydrogens is 362 g/mol. The third-order valence-electron chi connectivity index (χ3n) is 3.60. The van der Waals surface area contributed by atoms with E-state index in [1.807, 2.05) is 27.7 Å². The van der Waals surface area contributed by atoms with E-state index in [4.69, 9.17) is 9.47 Å². The zero-order valence-electron chi connectivity index (χ0n) is 16.6. The lowest BCUT2D eigenvalue weighted by atomic mass is 10.0. The number of amides is 1. The highest BCUT2D eigenvalue weighted by molar-refractivity contribution is 5.99. The van der Waals surface area contributed by atoms with Gasteiger partial charge >= 0.3 is 5.97 Å². The van der Waals surface area contributed by atoms with Gasteiger partial charge in [0, 0.05) is 18.0 Å². The smallest absolute Gasteiger partial charge is 0.326 e. The summed E-state index contributed by atoms with van der Waals surface area (Å²) < 4.78 is 11.0. The summed E-state index contributed by atoms with van der Waals surface area (Å²) >= 11 is 0. The molecule has 0 heterocycles. The van der Waals surface area contributed by atoms with Gasteiger partial charge in [-0.05, 0) is 38.3 Å². The van der Waals surface area contributed by atoms with Crippen LogP contribution in [0.3, 0.4) is 0 Å². The molecule has 0 aliphatic carbocycles. The SMILES string of the molecule is CCOc1ccc(N/C=C(/C#N)C(=O)NC(CC(C)C)C(=O)O)cc1OCC. The number of carbonyl (C=O) groups is 2. The monoisotopic (exact) mass is 389 g/mol. The van der Waals surface area contributed by atoms with Gasteiger partial charge in [-0.1, -0.05) is 13.8 Å². The second kappa shape index (κ2) is 11.5. The van der Waals surface area contributed by atoms with Crippen molar-refractivity contribution in [2.24, 2.45) is 5.92 Å². The van der Waals surface area contributed by atoms with Gasteiger partial charge in [-0.3, -0.25) is 4.79 Å². The summed E-state index contributed by atoms with van der Waals surface area (Å²) in [5.74, 6) is -0.683. The lowest BCUT2D eigenvalue weighted by Crippen LogP contribution is -2.42. The molecule has 0 radical (unpaired) electrons. The van der Waals surface area contributed by atoms with E-state index in [-0.39, 0.29) is 17.9 Å². The number of carboxylic acids is 1. The first-order valence-corrected chi connectivity index (χ1v) is 9.12. The number of benzene rings is 1. The van der Waals surface area contributed by atoms with E-state index in [1.54, 1.807) is 24.3 Å². The highest BCUT2D eigenvalue weighted by Gasteiger charge is 2.22. The molecule has 152 valence electrons. The number of carboxylic acid groups (broad SMARTS) is 1. The van der Waals surface area contributed by atoms with Crippen molar-refractivity contribution in [3.63, 3.8) is 0 Å². The van der Waals surface area contributed by atoms with Crippen LogP contribution in [0.2, 0.25) is 0 Å². The fourth-order valence-corrected chi connectivity index (χ4v) is 2.37. The molecule has 0 bridgehead atoms. The molecule has 1 aromatic rings. The average Bonchev–Trinajstić information content (AvgIpc) is 2.63. The van der Waals surface area contributed by atoms with Crippen LogP contribution < -0.4 is 20.1 Å². The molecule has 1 rings (SSSR count). The van der Waals surface area contributed by atoms with Crippen LogP contribution in [-0.4, -0.2) is 36.2 Å². The Hall–Kier alpha value is -3.21. The first-order chi connectivity index (χ1) is 13.3. The molecule has 0 aromatic heterocycles. The van der Waals surface area contributed by atoms with E-state index in [1.165, 1.54) is 6.20 Å². The first-order valence-electron chi connectivity index (χ1n) is 9.12. The van der Waals surface area contributed by atoms with E-state index in [9.17, 15) is 20.0 Å². The fraction of sp³-hybridized carbons (Fsp3) is 0.450. The van der Waals surface area contributed by atoms with Crippen LogP contribution in [0.5, 0.6) is 11.5 Å². The maximum absolute atomic E-state index is 12.3. The minimum atomic E-state index is -1.14. The van der Waals surface area contributed by atoms with Crippen LogP contribution in [0.25, 0.3) is 0 Å². The van der Waals surface area contributed by atoms with Crippen molar-refractivity contribution in [3.8, 4) is 17.6 Å². The summed E-state index contributed by atoms with van der Waals surface area (Å²) in [5.41, 5.74) is 0.353. The topological polar surface area (TPSA) is 121 Å². The molecule has 8 heteroatoms. The summed E-state index contributed by atoms with van der Waals surface area (Å²) in [6.07, 6.45) is 1.50. The number of nitrogens with one attached hydrogen (secondary N) is 2. The molecule has 0 spiro atoms. The Morgan fingerprint density at radius 3 is 2.39 bits per heavy atom. The van der Waals surface area contributed by atoms with Gasteiger partial charge in [-0.25, -0.2) is 4.79 Å². The summed E-state index contributed by atoms with van der Waals surface area (Å²) in [7, 11) is 0. The molecule has 0 saturated carbocycles. The molecule has 1 amide bonds. The number of nitriles is 1. The van der Waals surface area contributed by atoms with Crippen molar-refractivity contribution in [1.82, 2.24) is 5.32 Å². The van der Waals surface area contributed by atoms with Crippen LogP contribution in [0.1, 0.15) is 34.1 Å². The number of rotatable bonds is 11. The number of hydrogen-bond acceptors (Lipinski definition) is 6. The molecule has 0 aliphatic rings. The number of anilines is 1. The molecule has 1 aromatic carbocycles. The van der Waals surface area contributed by atoms with Crippen LogP contribution in [0.15, 0.2) is 30.0 Å². The highest BCUT2D eigenvalue weighted by Crippen LogP contribution is 2.30. The first kappa shape index (κ1) is 22.8. The van der Waals surface area contributed by atoms with Gasteiger partial charge in [0.1, 0.15) is 17.7 Å². The molecule has 3 N–H and O–H groups in total. The largest absolute Gasteiger partial charge is 0.490 e. The van der Waals surface area contributed by atoms with Crippen LogP contribution in [-0.2, 0) is 9.59 Å². The standard InChI is InChI=1S/C20H27N3O5/c1-5-27-17-8-7-15(10-18(17)28-6-2)22-12-14(11-21)19(24)23-16(20(25)26)9-13(3)4/h7-8,10,12-13,16,22H,5-6,9H2,1-4H3,(H,23,24)(H,25,26)/b14-12-. The zero-order chi connectivity index (χ0) is 21.1. The molecule has 0 fully saturated rings. The summed E-state index contributed by atoms with van der Waals surface area (Å²) in [4.78, 5) is 23.5. The Morgan fingerprint density at radius 1 is 1.21 bits per heavy atom. The van der Waals surface area contributed by atoms with Crippen molar-refractivity contribution >= 4 is 17.6 Å². The maximum atomic E-state index is 12.3. The Balaban J connectivity index is 2.92. The van der Waals surface area contributed by atoms with Gasteiger partial charge in [0.05, 0.1) is 13.2 Å². The van der Waals surface area contributed by atoms with Gasteiger partial charge in [0.25, 0.3) is 5.91 Å². The van der Waals surface area contributed by atoms with Crippen LogP contribution in [0.4, 0.5) is 5.69 Å². The van der Waals surface area contributed by atoms with Crippen LogP contribution in [0, 0.1) is 17.2 Å². The summed E-state index contributed by atoms with van der Waals surface area (Å²) in [6.45, 7) is 8.37.